The van der Waals surface area contributed by atoms with Crippen molar-refractivity contribution in [3.63, 3.8) is 0 Å². The first-order valence-electron chi connectivity index (χ1n) is 19.3. The van der Waals surface area contributed by atoms with E-state index in [1.807, 2.05) is 71.6 Å². The number of amides is 3. The van der Waals surface area contributed by atoms with Crippen LogP contribution in [0.1, 0.15) is 63.9 Å². The van der Waals surface area contributed by atoms with Gasteiger partial charge < -0.3 is 20.9 Å². The van der Waals surface area contributed by atoms with E-state index >= 15 is 0 Å². The summed E-state index contributed by atoms with van der Waals surface area (Å²) in [5.74, 6) is -1.67. The molecule has 3 amide bonds. The van der Waals surface area contributed by atoms with Crippen molar-refractivity contribution >= 4 is 45.6 Å². The Morgan fingerprint density at radius 1 is 0.774 bits per heavy atom. The zero-order chi connectivity index (χ0) is 36.7. The summed E-state index contributed by atoms with van der Waals surface area (Å²) >= 11 is 0. The lowest BCUT2D eigenvalue weighted by molar-refractivity contribution is -0.136. The highest BCUT2D eigenvalue weighted by atomic mass is 16.2. The second-order valence-electron chi connectivity index (χ2n) is 14.8. The second-order valence-corrected chi connectivity index (χ2v) is 14.8. The molecule has 1 aliphatic heterocycles. The number of hydrogen-bond acceptors (Lipinski definition) is 4. The first kappa shape index (κ1) is 36.0. The average molecular weight is 707 g/mol. The Hall–Kier alpha value is -5.43. The summed E-state index contributed by atoms with van der Waals surface area (Å²) in [4.78, 5) is 46.4. The van der Waals surface area contributed by atoms with E-state index in [4.69, 9.17) is 5.73 Å². The van der Waals surface area contributed by atoms with Gasteiger partial charge in [0.05, 0.1) is 24.5 Å². The summed E-state index contributed by atoms with van der Waals surface area (Å²) in [7, 11) is 0. The fraction of sp³-hybridized carbons (Fsp3) is 0.326. The third-order valence-electron chi connectivity index (χ3n) is 11.2. The van der Waals surface area contributed by atoms with Gasteiger partial charge >= 0.3 is 0 Å². The van der Waals surface area contributed by atoms with Gasteiger partial charge in [0.1, 0.15) is 6.04 Å². The van der Waals surface area contributed by atoms with Crippen molar-refractivity contribution in [2.45, 2.75) is 70.9 Å². The number of rotatable bonds is 13. The molecule has 3 atom stereocenters. The van der Waals surface area contributed by atoms with Crippen LogP contribution in [-0.2, 0) is 20.9 Å². The summed E-state index contributed by atoms with van der Waals surface area (Å²) in [5, 5.41) is 5.58. The Kier molecular flexibility index (Phi) is 11.2. The number of nitrogens with one attached hydrogen (secondary N) is 1. The minimum atomic E-state index is -0.871. The molecule has 1 heterocycles. The fourth-order valence-corrected chi connectivity index (χ4v) is 8.41. The van der Waals surface area contributed by atoms with Gasteiger partial charge in [-0.15, -0.1) is 0 Å². The van der Waals surface area contributed by atoms with Crippen LogP contribution in [-0.4, -0.2) is 30.3 Å². The van der Waals surface area contributed by atoms with Crippen LogP contribution in [0.25, 0.3) is 21.9 Å². The van der Waals surface area contributed by atoms with Crippen molar-refractivity contribution in [3.8, 4) is 11.1 Å². The van der Waals surface area contributed by atoms with Crippen LogP contribution in [0.3, 0.4) is 0 Å². The van der Waals surface area contributed by atoms with Gasteiger partial charge in [0.15, 0.2) is 0 Å². The van der Waals surface area contributed by atoms with E-state index < -0.39 is 23.8 Å². The zero-order valence-electron chi connectivity index (χ0n) is 30.6. The standard InChI is InChI=1S/C46H50N4O3/c1-2-3-22-39(44(47)51)40(28-32-14-7-8-15-32)45(52)48-41-31-49(38-20-5-4-6-21-38)42-23-11-12-24-43(42)50(46(41)53)30-33-16-13-19-35(27-33)37-26-25-34-17-9-10-18-36(34)29-37/h4-6,9-13,16-21,23-27,29,32,39-41H,2-3,7-8,14-15,22,28,30-31H2,1H3,(H2,47,51)(H,48,52). The van der Waals surface area contributed by atoms with Gasteiger partial charge in [0.2, 0.25) is 11.8 Å². The normalized spacial score (nSPS) is 17.3. The molecule has 7 rings (SSSR count). The van der Waals surface area contributed by atoms with Crippen molar-refractivity contribution in [2.24, 2.45) is 23.5 Å². The number of benzene rings is 5. The van der Waals surface area contributed by atoms with Crippen LogP contribution in [0.5, 0.6) is 0 Å². The zero-order valence-corrected chi connectivity index (χ0v) is 30.6. The fourth-order valence-electron chi connectivity index (χ4n) is 8.41. The highest BCUT2D eigenvalue weighted by Gasteiger charge is 2.40. The Bertz CT molecular complexity index is 2060. The van der Waals surface area contributed by atoms with E-state index in [-0.39, 0.29) is 18.4 Å². The van der Waals surface area contributed by atoms with Gasteiger partial charge in [-0.05, 0) is 82.6 Å². The molecular formula is C46H50N4O3. The number of hydrogen-bond donors (Lipinski definition) is 2. The lowest BCUT2D eigenvalue weighted by atomic mass is 9.80. The predicted molar refractivity (Wildman–Crippen MR) is 215 cm³/mol. The van der Waals surface area contributed by atoms with Crippen LogP contribution in [0.2, 0.25) is 0 Å². The molecule has 272 valence electrons. The number of carbonyl (C=O) groups is 3. The van der Waals surface area contributed by atoms with Crippen molar-refractivity contribution in [1.29, 1.82) is 0 Å². The van der Waals surface area contributed by atoms with E-state index in [9.17, 15) is 14.4 Å². The molecule has 0 aromatic heterocycles. The van der Waals surface area contributed by atoms with Crippen LogP contribution < -0.4 is 20.9 Å². The summed E-state index contributed by atoms with van der Waals surface area (Å²) in [6, 6.07) is 40.2. The molecule has 3 unspecified atom stereocenters. The van der Waals surface area contributed by atoms with E-state index in [1.165, 1.54) is 10.8 Å². The Morgan fingerprint density at radius 3 is 2.23 bits per heavy atom. The third-order valence-corrected chi connectivity index (χ3v) is 11.2. The lowest BCUT2D eigenvalue weighted by Crippen LogP contribution is -2.54. The molecular weight excluding hydrogens is 657 g/mol. The monoisotopic (exact) mass is 706 g/mol. The number of primary amides is 1. The molecule has 5 aromatic carbocycles. The molecule has 3 N–H and O–H groups in total. The highest BCUT2D eigenvalue weighted by molar-refractivity contribution is 6.04. The summed E-state index contributed by atoms with van der Waals surface area (Å²) < 4.78 is 0. The maximum atomic E-state index is 15.0. The molecule has 5 aromatic rings. The van der Waals surface area contributed by atoms with Gasteiger partial charge in [-0.1, -0.05) is 130 Å². The molecule has 7 heteroatoms. The maximum absolute atomic E-state index is 15.0. The van der Waals surface area contributed by atoms with Crippen molar-refractivity contribution in [2.75, 3.05) is 16.3 Å². The Balaban J connectivity index is 1.24. The smallest absolute Gasteiger partial charge is 0.251 e. The summed E-state index contributed by atoms with van der Waals surface area (Å²) in [6.45, 7) is 2.64. The van der Waals surface area contributed by atoms with Crippen molar-refractivity contribution in [3.05, 3.63) is 127 Å². The number of nitrogens with two attached hydrogens (primary N) is 1. The van der Waals surface area contributed by atoms with E-state index in [0.717, 1.165) is 72.3 Å². The highest BCUT2D eigenvalue weighted by Crippen LogP contribution is 2.39. The van der Waals surface area contributed by atoms with Gasteiger partial charge in [-0.25, -0.2) is 0 Å². The number of carbonyl (C=O) groups excluding carboxylic acids is 3. The van der Waals surface area contributed by atoms with Crippen molar-refractivity contribution in [1.82, 2.24) is 5.32 Å². The van der Waals surface area contributed by atoms with E-state index in [0.29, 0.717) is 25.3 Å². The first-order chi connectivity index (χ1) is 25.9. The van der Waals surface area contributed by atoms with Crippen LogP contribution in [0.15, 0.2) is 121 Å². The largest absolute Gasteiger partial charge is 0.369 e. The molecule has 1 fully saturated rings. The first-order valence-corrected chi connectivity index (χ1v) is 19.3. The number of fused-ring (bicyclic) bond motifs is 2. The van der Waals surface area contributed by atoms with Crippen molar-refractivity contribution < 1.29 is 14.4 Å². The molecule has 7 nitrogen and oxygen atoms in total. The number of para-hydroxylation sites is 3. The number of nitrogens with zero attached hydrogens (tertiary/aromatic N) is 2. The maximum Gasteiger partial charge on any atom is 0.251 e. The Labute approximate surface area is 313 Å². The number of anilines is 3. The van der Waals surface area contributed by atoms with Gasteiger partial charge in [-0.3, -0.25) is 14.4 Å². The summed E-state index contributed by atoms with van der Waals surface area (Å²) in [5.41, 5.74) is 11.7. The Morgan fingerprint density at radius 2 is 1.47 bits per heavy atom. The van der Waals surface area contributed by atoms with E-state index in [2.05, 4.69) is 71.7 Å². The van der Waals surface area contributed by atoms with Crippen LogP contribution in [0, 0.1) is 17.8 Å². The minimum absolute atomic E-state index is 0.191. The molecule has 2 aliphatic rings. The third kappa shape index (κ3) is 8.15. The topological polar surface area (TPSA) is 95.7 Å². The average Bonchev–Trinajstić information content (AvgIpc) is 3.68. The van der Waals surface area contributed by atoms with Gasteiger partial charge in [-0.2, -0.15) is 0 Å². The molecule has 0 bridgehead atoms. The lowest BCUT2D eigenvalue weighted by Gasteiger charge is -2.30. The second kappa shape index (κ2) is 16.5. The van der Waals surface area contributed by atoms with Crippen LogP contribution in [0.4, 0.5) is 17.1 Å². The van der Waals surface area contributed by atoms with Gasteiger partial charge in [0.25, 0.3) is 5.91 Å². The molecule has 53 heavy (non-hydrogen) atoms. The molecule has 0 spiro atoms. The minimum Gasteiger partial charge on any atom is -0.369 e. The number of unbranched alkanes of at least 4 members (excludes halogenated alkanes) is 1. The summed E-state index contributed by atoms with van der Waals surface area (Å²) in [6.07, 6.45) is 7.27. The van der Waals surface area contributed by atoms with Crippen LogP contribution >= 0.6 is 0 Å². The van der Waals surface area contributed by atoms with E-state index in [1.54, 1.807) is 0 Å². The molecule has 1 aliphatic carbocycles. The molecule has 0 saturated heterocycles. The predicted octanol–water partition coefficient (Wildman–Crippen LogP) is 9.16. The van der Waals surface area contributed by atoms with Gasteiger partial charge in [0, 0.05) is 17.5 Å². The molecule has 1 saturated carbocycles. The molecule has 0 radical (unpaired) electrons. The SMILES string of the molecule is CCCCC(C(N)=O)C(CC1CCCC1)C(=O)NC1CN(c2ccccc2)c2ccccc2N(Cc2cccc(-c3ccc4ccccc4c3)c2)C1=O. The quantitative estimate of drug-likeness (QED) is 0.128.